The second-order valence-electron chi connectivity index (χ2n) is 12.5. The van der Waals surface area contributed by atoms with Crippen molar-refractivity contribution in [1.29, 1.82) is 0 Å². The van der Waals surface area contributed by atoms with Crippen LogP contribution in [-0.4, -0.2) is 97.0 Å². The summed E-state index contributed by atoms with van der Waals surface area (Å²) in [6, 6.07) is 16.6. The number of rotatable bonds is 21. The summed E-state index contributed by atoms with van der Waals surface area (Å²) in [6.45, 7) is 4.26. The van der Waals surface area contributed by atoms with Crippen LogP contribution in [0.25, 0.3) is 11.2 Å². The SMILES string of the molecule is CCC(c1ccccc1)[C@](CC)(NP(=O)(CCN(CCC(=O)OC)CCn1cnc2c(=O)[nH]c(N)nc21)N[C@@H](Cc1ccccc1)C(=O)O)C(=O)O. The highest BCUT2D eigenvalue weighted by molar-refractivity contribution is 7.60. The minimum Gasteiger partial charge on any atom is -0.480 e. The number of imidazole rings is 1. The van der Waals surface area contributed by atoms with E-state index in [1.54, 1.807) is 54.0 Å². The number of esters is 1. The molecule has 4 rings (SSSR count). The van der Waals surface area contributed by atoms with E-state index in [-0.39, 0.29) is 68.7 Å². The summed E-state index contributed by atoms with van der Waals surface area (Å²) in [5.74, 6) is -3.66. The molecule has 4 aromatic rings. The molecular weight excluding hydrogens is 691 g/mol. The number of aromatic amines is 1. The maximum Gasteiger partial charge on any atom is 0.324 e. The summed E-state index contributed by atoms with van der Waals surface area (Å²) < 4.78 is 21.8. The molecule has 16 nitrogen and oxygen atoms in total. The van der Waals surface area contributed by atoms with Crippen molar-refractivity contribution in [2.24, 2.45) is 0 Å². The fourth-order valence-corrected chi connectivity index (χ4v) is 9.05. The van der Waals surface area contributed by atoms with Crippen LogP contribution in [0.2, 0.25) is 0 Å². The first-order valence-corrected chi connectivity index (χ1v) is 18.9. The Hall–Kier alpha value is -4.89. The number of nitrogens with zero attached hydrogens (tertiary/aromatic N) is 4. The van der Waals surface area contributed by atoms with Crippen molar-refractivity contribution in [3.05, 3.63) is 88.5 Å². The Morgan fingerprint density at radius 3 is 2.33 bits per heavy atom. The zero-order valence-corrected chi connectivity index (χ0v) is 30.4. The van der Waals surface area contributed by atoms with Crippen molar-refractivity contribution in [1.82, 2.24) is 34.6 Å². The van der Waals surface area contributed by atoms with E-state index in [1.165, 1.54) is 13.4 Å². The molecule has 0 aliphatic heterocycles. The number of aromatic nitrogens is 4. The minimum absolute atomic E-state index is 0.0110. The first-order chi connectivity index (χ1) is 24.8. The van der Waals surface area contributed by atoms with E-state index < -0.39 is 48.4 Å². The molecule has 0 spiro atoms. The van der Waals surface area contributed by atoms with Crippen LogP contribution in [0.5, 0.6) is 0 Å². The van der Waals surface area contributed by atoms with Gasteiger partial charge in [-0.05, 0) is 30.4 Å². The molecule has 2 unspecified atom stereocenters. The van der Waals surface area contributed by atoms with E-state index in [0.29, 0.717) is 12.0 Å². The Bertz CT molecular complexity index is 1920. The lowest BCUT2D eigenvalue weighted by molar-refractivity contribution is -0.145. The van der Waals surface area contributed by atoms with E-state index in [1.807, 2.05) is 30.0 Å². The van der Waals surface area contributed by atoms with Gasteiger partial charge >= 0.3 is 17.9 Å². The highest BCUT2D eigenvalue weighted by Crippen LogP contribution is 2.46. The van der Waals surface area contributed by atoms with Crippen LogP contribution in [0.4, 0.5) is 5.95 Å². The summed E-state index contributed by atoms with van der Waals surface area (Å²) in [5, 5.41) is 27.1. The van der Waals surface area contributed by atoms with Crippen molar-refractivity contribution >= 4 is 42.5 Å². The van der Waals surface area contributed by atoms with Crippen molar-refractivity contribution in [2.45, 2.75) is 63.6 Å². The number of nitrogens with two attached hydrogens (primary N) is 1. The summed E-state index contributed by atoms with van der Waals surface area (Å²) in [7, 11) is -2.83. The Morgan fingerprint density at radius 2 is 1.73 bits per heavy atom. The lowest BCUT2D eigenvalue weighted by Crippen LogP contribution is -2.57. The van der Waals surface area contributed by atoms with Gasteiger partial charge in [0, 0.05) is 38.3 Å². The van der Waals surface area contributed by atoms with Gasteiger partial charge in [0.05, 0.1) is 19.9 Å². The fraction of sp³-hybridized carbons (Fsp3) is 0.429. The first-order valence-electron chi connectivity index (χ1n) is 17.1. The van der Waals surface area contributed by atoms with Crippen LogP contribution in [0.1, 0.15) is 50.2 Å². The predicted octanol–water partition coefficient (Wildman–Crippen LogP) is 3.06. The Kier molecular flexibility index (Phi) is 13.8. The van der Waals surface area contributed by atoms with Gasteiger partial charge < -0.3 is 30.2 Å². The smallest absolute Gasteiger partial charge is 0.324 e. The van der Waals surface area contributed by atoms with Crippen molar-refractivity contribution in [2.75, 3.05) is 38.6 Å². The Morgan fingerprint density at radius 1 is 1.06 bits per heavy atom. The lowest BCUT2D eigenvalue weighted by Gasteiger charge is -2.41. The highest BCUT2D eigenvalue weighted by Gasteiger charge is 2.49. The maximum atomic E-state index is 15.3. The molecular formula is C35H47N8O8P. The first kappa shape index (κ1) is 39.9. The van der Waals surface area contributed by atoms with Crippen LogP contribution in [0, 0.1) is 0 Å². The number of nitrogen functional groups attached to an aromatic ring is 1. The molecule has 4 atom stereocenters. The standard InChI is InChI=1S/C35H47N8O8P/c1-4-26(25-14-10-7-11-15-25)35(5-2,33(48)49)41-52(50,40-27(32(46)47)22-24-12-8-6-9-13-24)21-20-42(17-16-28(44)51-3)18-19-43-23-37-29-30(43)38-34(36)39-31(29)45/h6-15,23,26-27H,4-5,16-22H2,1-3H3,(H,46,47)(H,48,49)(H2,40,41,50)(H3,36,38,39,45)/t26?,27-,35-,52?/m0/s1. The van der Waals surface area contributed by atoms with Crippen LogP contribution in [0.3, 0.4) is 0 Å². The maximum absolute atomic E-state index is 15.3. The molecule has 0 fully saturated rings. The lowest BCUT2D eigenvalue weighted by atomic mass is 9.76. The zero-order valence-electron chi connectivity index (χ0n) is 29.5. The van der Waals surface area contributed by atoms with Crippen LogP contribution < -0.4 is 21.5 Å². The van der Waals surface area contributed by atoms with Gasteiger partial charge in [0.2, 0.25) is 13.4 Å². The molecule has 2 aromatic carbocycles. The van der Waals surface area contributed by atoms with E-state index >= 15 is 4.57 Å². The fourth-order valence-electron chi connectivity index (χ4n) is 6.42. The van der Waals surface area contributed by atoms with Gasteiger partial charge in [-0.25, -0.2) is 15.2 Å². The molecule has 52 heavy (non-hydrogen) atoms. The molecule has 0 saturated carbocycles. The number of fused-ring (bicyclic) bond motifs is 1. The van der Waals surface area contributed by atoms with E-state index in [2.05, 4.69) is 25.1 Å². The van der Waals surface area contributed by atoms with Crippen LogP contribution >= 0.6 is 7.44 Å². The number of nitrogens with one attached hydrogen (secondary N) is 3. The van der Waals surface area contributed by atoms with Gasteiger partial charge in [-0.3, -0.25) is 28.7 Å². The van der Waals surface area contributed by atoms with Gasteiger partial charge in [-0.1, -0.05) is 74.5 Å². The number of hydrogen-bond acceptors (Lipinski definition) is 10. The molecule has 7 N–H and O–H groups in total. The third-order valence-electron chi connectivity index (χ3n) is 9.21. The number of carbonyl (C=O) groups is 3. The number of carbonyl (C=O) groups excluding carboxylic acids is 1. The molecule has 17 heteroatoms. The number of benzene rings is 2. The largest absolute Gasteiger partial charge is 0.480 e. The monoisotopic (exact) mass is 738 g/mol. The molecule has 0 saturated heterocycles. The number of carboxylic acids is 2. The van der Waals surface area contributed by atoms with E-state index in [0.717, 1.165) is 5.56 Å². The van der Waals surface area contributed by atoms with Crippen LogP contribution in [-0.2, 0) is 36.7 Å². The third kappa shape index (κ3) is 9.91. The molecule has 0 aliphatic carbocycles. The molecule has 0 aliphatic rings. The predicted molar refractivity (Wildman–Crippen MR) is 196 cm³/mol. The molecule has 0 bridgehead atoms. The molecule has 280 valence electrons. The second-order valence-corrected chi connectivity index (χ2v) is 14.9. The summed E-state index contributed by atoms with van der Waals surface area (Å²) >= 11 is 0. The number of methoxy groups -OCH3 is 1. The number of hydrogen-bond donors (Lipinski definition) is 6. The van der Waals surface area contributed by atoms with E-state index in [4.69, 9.17) is 10.5 Å². The molecule has 2 aromatic heterocycles. The number of aliphatic carboxylic acids is 2. The van der Waals surface area contributed by atoms with Crippen molar-refractivity contribution < 1.29 is 33.9 Å². The van der Waals surface area contributed by atoms with Gasteiger partial charge in [-0.2, -0.15) is 4.98 Å². The molecule has 2 heterocycles. The van der Waals surface area contributed by atoms with Crippen LogP contribution in [0.15, 0.2) is 71.8 Å². The number of H-pyrrole nitrogens is 1. The van der Waals surface area contributed by atoms with Gasteiger partial charge in [0.1, 0.15) is 11.6 Å². The number of ether oxygens (including phenoxy) is 1. The quantitative estimate of drug-likeness (QED) is 0.0533. The second kappa shape index (κ2) is 18.0. The summed E-state index contributed by atoms with van der Waals surface area (Å²) in [6.07, 6.45) is 1.63. The summed E-state index contributed by atoms with van der Waals surface area (Å²) in [5.41, 5.74) is 5.29. The normalized spacial score (nSPS) is 15.1. The molecule has 0 amide bonds. The molecule has 0 radical (unpaired) electrons. The Balaban J connectivity index is 1.70. The van der Waals surface area contributed by atoms with Gasteiger partial charge in [-0.15, -0.1) is 0 Å². The third-order valence-corrected chi connectivity index (χ3v) is 11.5. The van der Waals surface area contributed by atoms with Gasteiger partial charge in [0.15, 0.2) is 11.2 Å². The van der Waals surface area contributed by atoms with Gasteiger partial charge in [0.25, 0.3) is 5.56 Å². The summed E-state index contributed by atoms with van der Waals surface area (Å²) in [4.78, 5) is 63.1. The highest BCUT2D eigenvalue weighted by atomic mass is 31.2. The van der Waals surface area contributed by atoms with Crippen molar-refractivity contribution in [3.63, 3.8) is 0 Å². The zero-order chi connectivity index (χ0) is 37.9. The Labute approximate surface area is 301 Å². The number of anilines is 1. The topological polar surface area (TPSA) is 235 Å². The minimum atomic E-state index is -4.10. The average Bonchev–Trinajstić information content (AvgIpc) is 3.54. The number of carboxylic acid groups (broad SMARTS) is 2. The van der Waals surface area contributed by atoms with Crippen molar-refractivity contribution in [3.8, 4) is 0 Å². The van der Waals surface area contributed by atoms with E-state index in [9.17, 15) is 29.4 Å². The average molecular weight is 739 g/mol.